The van der Waals surface area contributed by atoms with E-state index in [4.69, 9.17) is 14.6 Å². The summed E-state index contributed by atoms with van der Waals surface area (Å²) < 4.78 is 11.3. The van der Waals surface area contributed by atoms with Crippen LogP contribution in [-0.4, -0.2) is 86.1 Å². The lowest BCUT2D eigenvalue weighted by Gasteiger charge is -2.42. The average molecular weight is 274 g/mol. The molecule has 0 bridgehead atoms. The molecule has 19 heavy (non-hydrogen) atoms. The van der Waals surface area contributed by atoms with Gasteiger partial charge in [-0.1, -0.05) is 0 Å². The number of amides is 1. The van der Waals surface area contributed by atoms with E-state index in [0.29, 0.717) is 13.2 Å². The van der Waals surface area contributed by atoms with Crippen LogP contribution in [0.25, 0.3) is 0 Å². The molecule has 1 fully saturated rings. The first-order valence-electron chi connectivity index (χ1n) is 6.63. The Bertz CT molecular complexity index is 294. The topological polar surface area (TPSA) is 62.2 Å². The molecule has 6 nitrogen and oxygen atoms in total. The van der Waals surface area contributed by atoms with Crippen molar-refractivity contribution in [1.82, 2.24) is 9.80 Å². The molecule has 6 heteroatoms. The highest BCUT2D eigenvalue weighted by Gasteiger charge is 2.33. The molecular formula is C13H26N2O4. The number of rotatable bonds is 6. The summed E-state index contributed by atoms with van der Waals surface area (Å²) in [6.07, 6.45) is -0.0646. The Morgan fingerprint density at radius 1 is 1.53 bits per heavy atom. The summed E-state index contributed by atoms with van der Waals surface area (Å²) in [4.78, 5) is 15.1. The number of likely N-dealkylation sites (N-methyl/N-ethyl adjacent to an activating group) is 1. The minimum Gasteiger partial charge on any atom is -0.395 e. The molecule has 0 spiro atoms. The Morgan fingerprint density at radius 3 is 2.79 bits per heavy atom. The van der Waals surface area contributed by atoms with Gasteiger partial charge < -0.3 is 19.5 Å². The number of β-amino-alcohol motifs (C(OH)–C–C–N with tert-alkyl or cyclic N) is 1. The van der Waals surface area contributed by atoms with Crippen molar-refractivity contribution in [1.29, 1.82) is 0 Å². The van der Waals surface area contributed by atoms with Crippen LogP contribution in [-0.2, 0) is 14.3 Å². The minimum absolute atomic E-state index is 0.0534. The number of ether oxygens (including phenoxy) is 2. The van der Waals surface area contributed by atoms with Crippen LogP contribution in [0.2, 0.25) is 0 Å². The monoisotopic (exact) mass is 274 g/mol. The third-order valence-electron chi connectivity index (χ3n) is 3.00. The van der Waals surface area contributed by atoms with Gasteiger partial charge in [0.05, 0.1) is 24.9 Å². The predicted octanol–water partition coefficient (Wildman–Crippen LogP) is -0.437. The van der Waals surface area contributed by atoms with Crippen molar-refractivity contribution in [3.05, 3.63) is 0 Å². The Hall–Kier alpha value is -0.690. The van der Waals surface area contributed by atoms with E-state index < -0.39 is 0 Å². The molecule has 1 amide bonds. The van der Waals surface area contributed by atoms with Gasteiger partial charge in [-0.25, -0.2) is 0 Å². The second-order valence-corrected chi connectivity index (χ2v) is 5.76. The lowest BCUT2D eigenvalue weighted by atomic mass is 10.1. The maximum atomic E-state index is 11.4. The quantitative estimate of drug-likeness (QED) is 0.712. The van der Waals surface area contributed by atoms with Crippen LogP contribution in [0.15, 0.2) is 0 Å². The highest BCUT2D eigenvalue weighted by atomic mass is 16.5. The first kappa shape index (κ1) is 16.4. The number of morpholine rings is 1. The number of aliphatic hydroxyl groups is 1. The molecule has 0 saturated carbocycles. The van der Waals surface area contributed by atoms with Crippen LogP contribution >= 0.6 is 0 Å². The standard InChI is InChI=1S/C13H26N2O4/c1-13(2)10-15(5-6-16)7-11(19-13)8-18-9-12(17)14(3)4/h11,16H,5-10H2,1-4H3/t11-/m1/s1. The van der Waals surface area contributed by atoms with E-state index in [1.807, 2.05) is 13.8 Å². The van der Waals surface area contributed by atoms with Crippen molar-refractivity contribution >= 4 is 5.91 Å². The number of carbonyl (C=O) groups excluding carboxylic acids is 1. The van der Waals surface area contributed by atoms with Crippen molar-refractivity contribution in [3.63, 3.8) is 0 Å². The predicted molar refractivity (Wildman–Crippen MR) is 72.0 cm³/mol. The summed E-state index contributed by atoms with van der Waals surface area (Å²) in [7, 11) is 3.41. The van der Waals surface area contributed by atoms with Gasteiger partial charge in [0.2, 0.25) is 5.91 Å². The van der Waals surface area contributed by atoms with Gasteiger partial charge in [0.1, 0.15) is 6.61 Å². The first-order valence-corrected chi connectivity index (χ1v) is 6.63. The molecule has 0 aromatic heterocycles. The van der Waals surface area contributed by atoms with Gasteiger partial charge in [-0.15, -0.1) is 0 Å². The highest BCUT2D eigenvalue weighted by Crippen LogP contribution is 2.20. The molecule has 1 rings (SSSR count). The zero-order valence-electron chi connectivity index (χ0n) is 12.4. The van der Waals surface area contributed by atoms with Gasteiger partial charge in [0.25, 0.3) is 0 Å². The molecule has 1 atom stereocenters. The molecule has 1 aliphatic heterocycles. The third-order valence-corrected chi connectivity index (χ3v) is 3.00. The second-order valence-electron chi connectivity index (χ2n) is 5.76. The average Bonchev–Trinajstić information content (AvgIpc) is 2.26. The van der Waals surface area contributed by atoms with E-state index in [9.17, 15) is 4.79 Å². The van der Waals surface area contributed by atoms with Gasteiger partial charge in [0.15, 0.2) is 0 Å². The van der Waals surface area contributed by atoms with E-state index in [-0.39, 0.29) is 30.8 Å². The molecule has 1 N–H and O–H groups in total. The summed E-state index contributed by atoms with van der Waals surface area (Å²) in [5, 5.41) is 9.02. The molecular weight excluding hydrogens is 248 g/mol. The van der Waals surface area contributed by atoms with Crippen LogP contribution < -0.4 is 0 Å². The third kappa shape index (κ3) is 5.86. The number of carbonyl (C=O) groups is 1. The van der Waals surface area contributed by atoms with Gasteiger partial charge in [-0.2, -0.15) is 0 Å². The lowest BCUT2D eigenvalue weighted by Crippen LogP contribution is -2.54. The van der Waals surface area contributed by atoms with Crippen LogP contribution in [0.1, 0.15) is 13.8 Å². The largest absolute Gasteiger partial charge is 0.395 e. The maximum Gasteiger partial charge on any atom is 0.248 e. The molecule has 0 unspecified atom stereocenters. The van der Waals surface area contributed by atoms with Crippen molar-refractivity contribution in [2.24, 2.45) is 0 Å². The van der Waals surface area contributed by atoms with E-state index in [1.165, 1.54) is 4.90 Å². The van der Waals surface area contributed by atoms with Crippen LogP contribution in [0.4, 0.5) is 0 Å². The molecule has 0 radical (unpaired) electrons. The Morgan fingerprint density at radius 2 is 2.21 bits per heavy atom. The molecule has 112 valence electrons. The van der Waals surface area contributed by atoms with Crippen LogP contribution in [0.3, 0.4) is 0 Å². The SMILES string of the molecule is CN(C)C(=O)COC[C@H]1CN(CCO)CC(C)(C)O1. The molecule has 0 aromatic rings. The minimum atomic E-state index is -0.257. The smallest absolute Gasteiger partial charge is 0.248 e. The Kier molecular flexibility index (Phi) is 6.19. The molecule has 0 aromatic carbocycles. The number of nitrogens with zero attached hydrogens (tertiary/aromatic N) is 2. The van der Waals surface area contributed by atoms with Gasteiger partial charge in [-0.05, 0) is 13.8 Å². The number of hydrogen-bond donors (Lipinski definition) is 1. The zero-order valence-corrected chi connectivity index (χ0v) is 12.4. The van der Waals surface area contributed by atoms with Crippen molar-refractivity contribution in [3.8, 4) is 0 Å². The van der Waals surface area contributed by atoms with Crippen LogP contribution in [0.5, 0.6) is 0 Å². The normalized spacial score (nSPS) is 23.3. The van der Waals surface area contributed by atoms with E-state index >= 15 is 0 Å². The summed E-state index contributed by atoms with van der Waals surface area (Å²) in [5.41, 5.74) is -0.257. The summed E-state index contributed by atoms with van der Waals surface area (Å²) >= 11 is 0. The molecule has 1 saturated heterocycles. The fraction of sp³-hybridized carbons (Fsp3) is 0.923. The fourth-order valence-corrected chi connectivity index (χ4v) is 2.22. The van der Waals surface area contributed by atoms with Gasteiger partial charge >= 0.3 is 0 Å². The number of aliphatic hydroxyl groups excluding tert-OH is 1. The van der Waals surface area contributed by atoms with Crippen molar-refractivity contribution in [2.75, 3.05) is 53.6 Å². The van der Waals surface area contributed by atoms with Crippen LogP contribution in [0, 0.1) is 0 Å². The van der Waals surface area contributed by atoms with Gasteiger partial charge in [0, 0.05) is 33.7 Å². The summed E-state index contributed by atoms with van der Waals surface area (Å²) in [6.45, 7) is 6.81. The molecule has 1 aliphatic rings. The van der Waals surface area contributed by atoms with E-state index in [2.05, 4.69) is 4.90 Å². The zero-order chi connectivity index (χ0) is 14.5. The lowest BCUT2D eigenvalue weighted by molar-refractivity contribution is -0.160. The van der Waals surface area contributed by atoms with Crippen molar-refractivity contribution in [2.45, 2.75) is 25.6 Å². The second kappa shape index (κ2) is 7.19. The maximum absolute atomic E-state index is 11.4. The first-order chi connectivity index (χ1) is 8.84. The molecule has 1 heterocycles. The van der Waals surface area contributed by atoms with Crippen molar-refractivity contribution < 1.29 is 19.4 Å². The fourth-order valence-electron chi connectivity index (χ4n) is 2.22. The Balaban J connectivity index is 2.37. The summed E-state index contributed by atoms with van der Waals surface area (Å²) in [6, 6.07) is 0. The highest BCUT2D eigenvalue weighted by molar-refractivity contribution is 5.76. The number of hydrogen-bond acceptors (Lipinski definition) is 5. The van der Waals surface area contributed by atoms with E-state index in [0.717, 1.165) is 13.1 Å². The summed E-state index contributed by atoms with van der Waals surface area (Å²) in [5.74, 6) is -0.0534. The van der Waals surface area contributed by atoms with E-state index in [1.54, 1.807) is 14.1 Å². The molecule has 0 aliphatic carbocycles. The van der Waals surface area contributed by atoms with Gasteiger partial charge in [-0.3, -0.25) is 9.69 Å². The Labute approximate surface area is 115 Å².